The maximum Gasteiger partial charge on any atom is 0.243 e. The molecule has 2 unspecified atom stereocenters. The lowest BCUT2D eigenvalue weighted by atomic mass is 9.87. The number of aliphatic imine (C=N–C) groups is 1. The van der Waals surface area contributed by atoms with Crippen molar-refractivity contribution in [2.24, 2.45) is 10.9 Å². The van der Waals surface area contributed by atoms with Crippen LogP contribution in [0.3, 0.4) is 0 Å². The van der Waals surface area contributed by atoms with Gasteiger partial charge in [0, 0.05) is 39.8 Å². The Morgan fingerprint density at radius 2 is 2.04 bits per heavy atom. The van der Waals surface area contributed by atoms with E-state index in [1.54, 1.807) is 19.0 Å². The van der Waals surface area contributed by atoms with E-state index in [-0.39, 0.29) is 12.5 Å². The Balaban J connectivity index is 1.78. The van der Waals surface area contributed by atoms with Crippen molar-refractivity contribution in [1.82, 2.24) is 20.4 Å². The molecule has 0 aromatic rings. The number of nitrogens with one attached hydrogen (secondary N) is 2. The van der Waals surface area contributed by atoms with Gasteiger partial charge in [0.1, 0.15) is 6.54 Å². The molecule has 26 heavy (non-hydrogen) atoms. The zero-order chi connectivity index (χ0) is 18.8. The molecule has 1 saturated heterocycles. The Kier molecular flexibility index (Phi) is 9.18. The molecule has 2 N–H and O–H groups in total. The van der Waals surface area contributed by atoms with Crippen molar-refractivity contribution in [3.63, 3.8) is 0 Å². The van der Waals surface area contributed by atoms with E-state index in [9.17, 15) is 4.79 Å². The number of ether oxygens (including phenoxy) is 1. The Morgan fingerprint density at radius 3 is 2.73 bits per heavy atom. The number of carbonyl (C=O) groups is 1. The van der Waals surface area contributed by atoms with Crippen molar-refractivity contribution in [3.8, 4) is 0 Å². The van der Waals surface area contributed by atoms with E-state index in [1.807, 2.05) is 0 Å². The minimum Gasteiger partial charge on any atom is -0.379 e. The number of morpholine rings is 1. The Morgan fingerprint density at radius 1 is 1.27 bits per heavy atom. The van der Waals surface area contributed by atoms with Crippen LogP contribution in [0, 0.1) is 5.92 Å². The third-order valence-corrected chi connectivity index (χ3v) is 5.20. The van der Waals surface area contributed by atoms with Crippen LogP contribution in [0.25, 0.3) is 0 Å². The molecule has 1 aliphatic carbocycles. The average molecular weight is 368 g/mol. The summed E-state index contributed by atoms with van der Waals surface area (Å²) < 4.78 is 5.39. The third kappa shape index (κ3) is 7.91. The summed E-state index contributed by atoms with van der Waals surface area (Å²) in [5.41, 5.74) is 0. The van der Waals surface area contributed by atoms with Gasteiger partial charge in [-0.25, -0.2) is 4.99 Å². The van der Waals surface area contributed by atoms with E-state index in [1.165, 1.54) is 25.7 Å². The largest absolute Gasteiger partial charge is 0.379 e. The van der Waals surface area contributed by atoms with Gasteiger partial charge in [0.2, 0.25) is 5.91 Å². The molecule has 2 aliphatic rings. The molecule has 0 aromatic heterocycles. The van der Waals surface area contributed by atoms with Gasteiger partial charge in [0.15, 0.2) is 5.96 Å². The molecule has 1 heterocycles. The van der Waals surface area contributed by atoms with Gasteiger partial charge in [-0.1, -0.05) is 19.8 Å². The van der Waals surface area contributed by atoms with Crippen LogP contribution in [-0.2, 0) is 9.53 Å². The maximum absolute atomic E-state index is 11.9. The van der Waals surface area contributed by atoms with Crippen LogP contribution in [0.2, 0.25) is 0 Å². The summed E-state index contributed by atoms with van der Waals surface area (Å²) in [6.45, 7) is 8.17. The van der Waals surface area contributed by atoms with Crippen molar-refractivity contribution in [2.75, 3.05) is 60.0 Å². The summed E-state index contributed by atoms with van der Waals surface area (Å²) in [6.07, 6.45) is 6.00. The summed E-state index contributed by atoms with van der Waals surface area (Å²) in [5, 5.41) is 6.98. The van der Waals surface area contributed by atoms with Gasteiger partial charge in [-0.15, -0.1) is 0 Å². The fourth-order valence-electron chi connectivity index (χ4n) is 3.53. The minimum absolute atomic E-state index is 0.0245. The summed E-state index contributed by atoms with van der Waals surface area (Å²) >= 11 is 0. The lowest BCUT2D eigenvalue weighted by molar-refractivity contribution is -0.127. The molecule has 7 heteroatoms. The van der Waals surface area contributed by atoms with Crippen molar-refractivity contribution >= 4 is 11.9 Å². The first kappa shape index (κ1) is 21.0. The van der Waals surface area contributed by atoms with Crippen LogP contribution in [0.15, 0.2) is 4.99 Å². The average Bonchev–Trinajstić information content (AvgIpc) is 2.63. The highest BCUT2D eigenvalue weighted by Crippen LogP contribution is 2.23. The van der Waals surface area contributed by atoms with E-state index in [2.05, 4.69) is 27.4 Å². The highest BCUT2D eigenvalue weighted by Gasteiger charge is 2.20. The number of nitrogens with zero attached hydrogens (tertiary/aromatic N) is 3. The van der Waals surface area contributed by atoms with Crippen LogP contribution in [0.1, 0.15) is 39.0 Å². The Labute approximate surface area is 158 Å². The van der Waals surface area contributed by atoms with E-state index in [4.69, 9.17) is 4.74 Å². The molecule has 7 nitrogen and oxygen atoms in total. The van der Waals surface area contributed by atoms with Crippen molar-refractivity contribution in [3.05, 3.63) is 0 Å². The van der Waals surface area contributed by atoms with Gasteiger partial charge in [-0.2, -0.15) is 0 Å². The van der Waals surface area contributed by atoms with Crippen LogP contribution < -0.4 is 10.6 Å². The smallest absolute Gasteiger partial charge is 0.243 e. The lowest BCUT2D eigenvalue weighted by Gasteiger charge is -2.29. The minimum atomic E-state index is 0.0245. The molecule has 0 radical (unpaired) electrons. The lowest BCUT2D eigenvalue weighted by Crippen LogP contribution is -2.46. The van der Waals surface area contributed by atoms with Crippen LogP contribution in [0.4, 0.5) is 0 Å². The topological polar surface area (TPSA) is 69.2 Å². The van der Waals surface area contributed by atoms with E-state index >= 15 is 0 Å². The predicted molar refractivity (Wildman–Crippen MR) is 105 cm³/mol. The molecule has 0 spiro atoms. The summed E-state index contributed by atoms with van der Waals surface area (Å²) in [6, 6.07) is 0.457. The zero-order valence-electron chi connectivity index (χ0n) is 16.8. The normalized spacial score (nSPS) is 25.0. The molecule has 150 valence electrons. The highest BCUT2D eigenvalue weighted by molar-refractivity contribution is 5.84. The molecule has 1 amide bonds. The van der Waals surface area contributed by atoms with Crippen molar-refractivity contribution < 1.29 is 9.53 Å². The molecule has 2 atom stereocenters. The summed E-state index contributed by atoms with van der Waals surface area (Å²) in [4.78, 5) is 20.4. The van der Waals surface area contributed by atoms with E-state index in [0.717, 1.165) is 57.7 Å². The van der Waals surface area contributed by atoms with Gasteiger partial charge in [0.05, 0.1) is 13.2 Å². The van der Waals surface area contributed by atoms with Gasteiger partial charge in [-0.05, 0) is 31.7 Å². The standard InChI is InChI=1S/C19H37N5O2/c1-16-6-4-7-17(14-16)22-19(21-15-18(25)23(2)3)20-8-5-9-24-10-12-26-13-11-24/h16-17H,4-15H2,1-3H3,(H2,20,21,22). The molecule has 1 saturated carbocycles. The monoisotopic (exact) mass is 367 g/mol. The van der Waals surface area contributed by atoms with Crippen molar-refractivity contribution in [2.45, 2.75) is 45.1 Å². The number of guanidine groups is 1. The number of likely N-dealkylation sites (N-methyl/N-ethyl adjacent to an activating group) is 1. The van der Waals surface area contributed by atoms with Gasteiger partial charge in [-0.3, -0.25) is 9.69 Å². The molecular weight excluding hydrogens is 330 g/mol. The molecular formula is C19H37N5O2. The molecule has 0 aromatic carbocycles. The predicted octanol–water partition coefficient (Wildman–Crippen LogP) is 0.911. The number of rotatable bonds is 7. The molecule has 0 bridgehead atoms. The maximum atomic E-state index is 11.9. The first-order chi connectivity index (χ1) is 12.5. The molecule has 2 rings (SSSR count). The zero-order valence-corrected chi connectivity index (χ0v) is 16.8. The second-order valence-electron chi connectivity index (χ2n) is 7.80. The Bertz CT molecular complexity index is 449. The molecule has 1 aliphatic heterocycles. The number of hydrogen-bond donors (Lipinski definition) is 2. The first-order valence-corrected chi connectivity index (χ1v) is 10.1. The van der Waals surface area contributed by atoms with Crippen LogP contribution >= 0.6 is 0 Å². The quantitative estimate of drug-likeness (QED) is 0.398. The molecule has 2 fully saturated rings. The van der Waals surface area contributed by atoms with Crippen LogP contribution in [0.5, 0.6) is 0 Å². The summed E-state index contributed by atoms with van der Waals surface area (Å²) in [7, 11) is 3.53. The second kappa shape index (κ2) is 11.4. The fraction of sp³-hybridized carbons (Fsp3) is 0.895. The SMILES string of the molecule is CC1CCCC(NC(=NCC(=O)N(C)C)NCCCN2CCOCC2)C1. The summed E-state index contributed by atoms with van der Waals surface area (Å²) in [5.74, 6) is 1.56. The Hall–Kier alpha value is -1.34. The van der Waals surface area contributed by atoms with Gasteiger partial charge >= 0.3 is 0 Å². The highest BCUT2D eigenvalue weighted by atomic mass is 16.5. The number of carbonyl (C=O) groups excluding carboxylic acids is 1. The van der Waals surface area contributed by atoms with Crippen molar-refractivity contribution in [1.29, 1.82) is 0 Å². The second-order valence-corrected chi connectivity index (χ2v) is 7.80. The van der Waals surface area contributed by atoms with Gasteiger partial charge < -0.3 is 20.3 Å². The van der Waals surface area contributed by atoms with E-state index in [0.29, 0.717) is 6.04 Å². The van der Waals surface area contributed by atoms with Crippen LogP contribution in [-0.4, -0.2) is 87.7 Å². The number of hydrogen-bond acceptors (Lipinski definition) is 4. The van der Waals surface area contributed by atoms with Gasteiger partial charge in [0.25, 0.3) is 0 Å². The first-order valence-electron chi connectivity index (χ1n) is 10.1. The van der Waals surface area contributed by atoms with E-state index < -0.39 is 0 Å². The third-order valence-electron chi connectivity index (χ3n) is 5.20. The number of amides is 1. The fourth-order valence-corrected chi connectivity index (χ4v) is 3.53.